The number of aryl methyl sites for hydroxylation is 1. The lowest BCUT2D eigenvalue weighted by atomic mass is 9.97. The molecule has 0 unspecified atom stereocenters. The van der Waals surface area contributed by atoms with Gasteiger partial charge < -0.3 is 19.5 Å². The summed E-state index contributed by atoms with van der Waals surface area (Å²) in [6.45, 7) is 3.24. The van der Waals surface area contributed by atoms with Crippen LogP contribution in [0.3, 0.4) is 0 Å². The molecule has 0 aliphatic carbocycles. The number of nitrogens with one attached hydrogen (secondary N) is 1. The highest BCUT2D eigenvalue weighted by Crippen LogP contribution is 2.19. The molecule has 116 valence electrons. The third-order valence-electron chi connectivity index (χ3n) is 4.43. The third-order valence-corrected chi connectivity index (χ3v) is 4.43. The molecule has 1 N–H and O–H groups in total. The largest absolute Gasteiger partial charge is 0.376 e. The maximum Gasteiger partial charge on any atom is 0.317 e. The van der Waals surface area contributed by atoms with Crippen molar-refractivity contribution in [2.45, 2.75) is 38.3 Å². The number of urea groups is 1. The average Bonchev–Trinajstić information content (AvgIpc) is 3.15. The minimum absolute atomic E-state index is 0.000541. The SMILES string of the molecule is CN(C[C@@H]1CCn2ccnc2C1)C(=O)NC[C@@H]1CCCO1. The van der Waals surface area contributed by atoms with Gasteiger partial charge in [-0.25, -0.2) is 9.78 Å². The number of amides is 2. The van der Waals surface area contributed by atoms with E-state index in [1.54, 1.807) is 4.90 Å². The molecule has 0 spiro atoms. The minimum Gasteiger partial charge on any atom is -0.376 e. The predicted octanol–water partition coefficient (Wildman–Crippen LogP) is 1.27. The van der Waals surface area contributed by atoms with E-state index < -0.39 is 0 Å². The highest BCUT2D eigenvalue weighted by Gasteiger charge is 2.23. The Labute approximate surface area is 125 Å². The van der Waals surface area contributed by atoms with E-state index in [-0.39, 0.29) is 12.1 Å². The maximum absolute atomic E-state index is 12.1. The highest BCUT2D eigenvalue weighted by atomic mass is 16.5. The van der Waals surface area contributed by atoms with E-state index in [9.17, 15) is 4.79 Å². The van der Waals surface area contributed by atoms with Crippen LogP contribution >= 0.6 is 0 Å². The van der Waals surface area contributed by atoms with Crippen molar-refractivity contribution < 1.29 is 9.53 Å². The van der Waals surface area contributed by atoms with Gasteiger partial charge in [0.1, 0.15) is 5.82 Å². The van der Waals surface area contributed by atoms with Crippen molar-refractivity contribution in [3.8, 4) is 0 Å². The zero-order valence-corrected chi connectivity index (χ0v) is 12.6. The third kappa shape index (κ3) is 3.56. The van der Waals surface area contributed by atoms with E-state index in [2.05, 4.69) is 14.9 Å². The van der Waals surface area contributed by atoms with Gasteiger partial charge in [0.2, 0.25) is 0 Å². The molecule has 1 aromatic rings. The van der Waals surface area contributed by atoms with Gasteiger partial charge in [0.05, 0.1) is 6.10 Å². The fourth-order valence-electron chi connectivity index (χ4n) is 3.18. The van der Waals surface area contributed by atoms with Gasteiger partial charge in [-0.05, 0) is 25.2 Å². The first-order valence-electron chi connectivity index (χ1n) is 7.83. The lowest BCUT2D eigenvalue weighted by Gasteiger charge is -2.28. The molecule has 2 amide bonds. The van der Waals surface area contributed by atoms with Gasteiger partial charge in [-0.15, -0.1) is 0 Å². The Morgan fingerprint density at radius 2 is 2.48 bits per heavy atom. The van der Waals surface area contributed by atoms with Crippen molar-refractivity contribution in [2.24, 2.45) is 5.92 Å². The molecule has 0 bridgehead atoms. The number of carbonyl (C=O) groups is 1. The smallest absolute Gasteiger partial charge is 0.317 e. The summed E-state index contributed by atoms with van der Waals surface area (Å²) in [5.41, 5.74) is 0. The molecule has 21 heavy (non-hydrogen) atoms. The summed E-state index contributed by atoms with van der Waals surface area (Å²) in [6.07, 6.45) is 8.30. The van der Waals surface area contributed by atoms with Crippen LogP contribution in [0.4, 0.5) is 4.79 Å². The Kier molecular flexibility index (Phi) is 4.43. The molecule has 2 atom stereocenters. The Hall–Kier alpha value is -1.56. The number of ether oxygens (including phenoxy) is 1. The van der Waals surface area contributed by atoms with Crippen LogP contribution in [0.2, 0.25) is 0 Å². The lowest BCUT2D eigenvalue weighted by Crippen LogP contribution is -2.43. The van der Waals surface area contributed by atoms with E-state index >= 15 is 0 Å². The van der Waals surface area contributed by atoms with E-state index in [0.717, 1.165) is 51.2 Å². The molecule has 1 saturated heterocycles. The molecule has 1 aromatic heterocycles. The Morgan fingerprint density at radius 3 is 3.29 bits per heavy atom. The van der Waals surface area contributed by atoms with Crippen LogP contribution in [0.15, 0.2) is 12.4 Å². The zero-order valence-electron chi connectivity index (χ0n) is 12.6. The molecule has 6 nitrogen and oxygen atoms in total. The monoisotopic (exact) mass is 292 g/mol. The summed E-state index contributed by atoms with van der Waals surface area (Å²) in [5, 5.41) is 2.97. The van der Waals surface area contributed by atoms with Crippen LogP contribution in [0.1, 0.15) is 25.1 Å². The van der Waals surface area contributed by atoms with Crippen LogP contribution in [-0.4, -0.2) is 53.3 Å². The molecule has 3 rings (SSSR count). The molecular weight excluding hydrogens is 268 g/mol. The second-order valence-electron chi connectivity index (χ2n) is 6.10. The summed E-state index contributed by atoms with van der Waals surface area (Å²) in [7, 11) is 1.87. The van der Waals surface area contributed by atoms with Crippen LogP contribution in [-0.2, 0) is 17.7 Å². The van der Waals surface area contributed by atoms with Crippen molar-refractivity contribution in [3.63, 3.8) is 0 Å². The first-order valence-corrected chi connectivity index (χ1v) is 7.83. The zero-order chi connectivity index (χ0) is 14.7. The minimum atomic E-state index is -0.000541. The van der Waals surface area contributed by atoms with Crippen molar-refractivity contribution in [1.82, 2.24) is 19.8 Å². The summed E-state index contributed by atoms with van der Waals surface area (Å²) in [5.74, 6) is 1.64. The summed E-state index contributed by atoms with van der Waals surface area (Å²) in [4.78, 5) is 18.3. The van der Waals surface area contributed by atoms with Crippen LogP contribution in [0.25, 0.3) is 0 Å². The van der Waals surface area contributed by atoms with Gasteiger partial charge >= 0.3 is 6.03 Å². The molecular formula is C15H24N4O2. The number of hydrogen-bond donors (Lipinski definition) is 1. The molecule has 2 aliphatic rings. The molecule has 0 radical (unpaired) electrons. The van der Waals surface area contributed by atoms with Crippen molar-refractivity contribution in [1.29, 1.82) is 0 Å². The van der Waals surface area contributed by atoms with Crippen LogP contribution in [0, 0.1) is 5.92 Å². The molecule has 3 heterocycles. The van der Waals surface area contributed by atoms with Crippen molar-refractivity contribution >= 4 is 6.03 Å². The normalized spacial score (nSPS) is 24.6. The van der Waals surface area contributed by atoms with Gasteiger partial charge in [0.15, 0.2) is 0 Å². The summed E-state index contributed by atoms with van der Waals surface area (Å²) >= 11 is 0. The average molecular weight is 292 g/mol. The standard InChI is InChI=1S/C15H24N4O2/c1-18(15(20)17-10-13-3-2-8-21-13)11-12-4-6-19-7-5-16-14(19)9-12/h5,7,12-13H,2-4,6,8-11H2,1H3,(H,17,20)/t12-,13+/m1/s1. The fraction of sp³-hybridized carbons (Fsp3) is 0.733. The molecule has 0 saturated carbocycles. The number of rotatable bonds is 4. The van der Waals surface area contributed by atoms with E-state index in [1.165, 1.54) is 0 Å². The van der Waals surface area contributed by atoms with Gasteiger partial charge in [-0.2, -0.15) is 0 Å². The molecule has 0 aromatic carbocycles. The number of aromatic nitrogens is 2. The fourth-order valence-corrected chi connectivity index (χ4v) is 3.18. The summed E-state index contributed by atoms with van der Waals surface area (Å²) < 4.78 is 7.72. The van der Waals surface area contributed by atoms with Crippen LogP contribution < -0.4 is 5.32 Å². The lowest BCUT2D eigenvalue weighted by molar-refractivity contribution is 0.109. The van der Waals surface area contributed by atoms with Crippen LogP contribution in [0.5, 0.6) is 0 Å². The number of nitrogens with zero attached hydrogens (tertiary/aromatic N) is 3. The quantitative estimate of drug-likeness (QED) is 0.909. The first kappa shape index (κ1) is 14.4. The first-order chi connectivity index (χ1) is 10.2. The van der Waals surface area contributed by atoms with E-state index in [1.807, 2.05) is 19.4 Å². The van der Waals surface area contributed by atoms with Gasteiger partial charge in [-0.1, -0.05) is 0 Å². The number of carbonyl (C=O) groups excluding carboxylic acids is 1. The van der Waals surface area contributed by atoms with E-state index in [4.69, 9.17) is 4.74 Å². The van der Waals surface area contributed by atoms with Crippen molar-refractivity contribution in [2.75, 3.05) is 26.7 Å². The molecule has 1 fully saturated rings. The van der Waals surface area contributed by atoms with E-state index in [0.29, 0.717) is 12.5 Å². The van der Waals surface area contributed by atoms with Gasteiger partial charge in [-0.3, -0.25) is 0 Å². The van der Waals surface area contributed by atoms with Gasteiger partial charge in [0.25, 0.3) is 0 Å². The molecule has 2 aliphatic heterocycles. The number of imidazole rings is 1. The topological polar surface area (TPSA) is 59.4 Å². The Bertz CT molecular complexity index is 482. The van der Waals surface area contributed by atoms with Gasteiger partial charge in [0, 0.05) is 52.1 Å². The second-order valence-corrected chi connectivity index (χ2v) is 6.10. The summed E-state index contributed by atoms with van der Waals surface area (Å²) in [6, 6.07) is -0.000541. The maximum atomic E-state index is 12.1. The predicted molar refractivity (Wildman–Crippen MR) is 79.0 cm³/mol. The second kappa shape index (κ2) is 6.47. The number of hydrogen-bond acceptors (Lipinski definition) is 3. The Balaban J connectivity index is 1.43. The molecule has 6 heteroatoms. The highest BCUT2D eigenvalue weighted by molar-refractivity contribution is 5.73. The van der Waals surface area contributed by atoms with Crippen molar-refractivity contribution in [3.05, 3.63) is 18.2 Å². The number of fused-ring (bicyclic) bond motifs is 1. The Morgan fingerprint density at radius 1 is 1.57 bits per heavy atom.